The van der Waals surface area contributed by atoms with Crippen LogP contribution in [-0.2, 0) is 9.53 Å². The Labute approximate surface area is 140 Å². The molecular weight excluding hydrogens is 306 g/mol. The molecule has 6 heteroatoms. The standard InChI is InChI=1S/C18H21N3O3/c1-24-18(23)21-10-9-20(17(22)11-19)12-16(21)15-8-4-6-13-5-2-3-7-14(13)15/h2-8,16H,9-12,19H2,1H3. The smallest absolute Gasteiger partial charge is 0.410 e. The van der Waals surface area contributed by atoms with Crippen molar-refractivity contribution in [3.8, 4) is 0 Å². The minimum atomic E-state index is -0.382. The average molecular weight is 327 g/mol. The average Bonchev–Trinajstić information content (AvgIpc) is 2.65. The molecular formula is C18H21N3O3. The monoisotopic (exact) mass is 327 g/mol. The van der Waals surface area contributed by atoms with Crippen molar-refractivity contribution in [1.82, 2.24) is 9.80 Å². The fraction of sp³-hybridized carbons (Fsp3) is 0.333. The summed E-state index contributed by atoms with van der Waals surface area (Å²) >= 11 is 0. The third kappa shape index (κ3) is 2.92. The number of nitrogens with two attached hydrogens (primary N) is 1. The second kappa shape index (κ2) is 6.88. The summed E-state index contributed by atoms with van der Waals surface area (Å²) in [6, 6.07) is 13.8. The molecule has 0 spiro atoms. The first-order chi connectivity index (χ1) is 11.7. The zero-order chi connectivity index (χ0) is 17.1. The number of ether oxygens (including phenoxy) is 1. The van der Waals surface area contributed by atoms with Gasteiger partial charge in [0.15, 0.2) is 0 Å². The summed E-state index contributed by atoms with van der Waals surface area (Å²) in [5, 5.41) is 2.17. The third-order valence-electron chi connectivity index (χ3n) is 4.50. The number of amides is 2. The van der Waals surface area contributed by atoms with Gasteiger partial charge in [-0.15, -0.1) is 0 Å². The van der Waals surface area contributed by atoms with Gasteiger partial charge in [0.25, 0.3) is 0 Å². The molecule has 2 aromatic carbocycles. The van der Waals surface area contributed by atoms with Crippen molar-refractivity contribution < 1.29 is 14.3 Å². The molecule has 2 N–H and O–H groups in total. The molecule has 0 radical (unpaired) electrons. The molecule has 1 aliphatic heterocycles. The van der Waals surface area contributed by atoms with Gasteiger partial charge < -0.3 is 15.4 Å². The lowest BCUT2D eigenvalue weighted by molar-refractivity contribution is -0.132. The molecule has 2 aromatic rings. The largest absolute Gasteiger partial charge is 0.453 e. The van der Waals surface area contributed by atoms with Gasteiger partial charge in [0.1, 0.15) is 0 Å². The number of hydrogen-bond donors (Lipinski definition) is 1. The van der Waals surface area contributed by atoms with Crippen LogP contribution in [0, 0.1) is 0 Å². The zero-order valence-corrected chi connectivity index (χ0v) is 13.6. The number of nitrogens with zero attached hydrogens (tertiary/aromatic N) is 2. The van der Waals surface area contributed by atoms with Crippen molar-refractivity contribution in [2.24, 2.45) is 5.73 Å². The molecule has 6 nitrogen and oxygen atoms in total. The zero-order valence-electron chi connectivity index (χ0n) is 13.6. The first-order valence-corrected chi connectivity index (χ1v) is 7.95. The lowest BCUT2D eigenvalue weighted by atomic mass is 9.96. The summed E-state index contributed by atoms with van der Waals surface area (Å²) in [4.78, 5) is 27.6. The molecule has 24 heavy (non-hydrogen) atoms. The van der Waals surface area contributed by atoms with E-state index in [1.165, 1.54) is 7.11 Å². The molecule has 2 amide bonds. The topological polar surface area (TPSA) is 75.9 Å². The number of hydrogen-bond acceptors (Lipinski definition) is 4. The molecule has 0 saturated carbocycles. The Bertz CT molecular complexity index is 757. The fourth-order valence-electron chi connectivity index (χ4n) is 3.28. The molecule has 1 unspecified atom stereocenters. The third-order valence-corrected chi connectivity index (χ3v) is 4.50. The van der Waals surface area contributed by atoms with Gasteiger partial charge in [-0.3, -0.25) is 9.69 Å². The molecule has 126 valence electrons. The van der Waals surface area contributed by atoms with E-state index in [0.717, 1.165) is 16.3 Å². The van der Waals surface area contributed by atoms with Gasteiger partial charge in [0, 0.05) is 19.6 Å². The van der Waals surface area contributed by atoms with E-state index in [1.807, 2.05) is 42.5 Å². The predicted octanol–water partition coefficient (Wildman–Crippen LogP) is 1.75. The van der Waals surface area contributed by atoms with Crippen LogP contribution in [0.1, 0.15) is 11.6 Å². The van der Waals surface area contributed by atoms with Crippen LogP contribution < -0.4 is 5.73 Å². The van der Waals surface area contributed by atoms with Crippen LogP contribution in [0.2, 0.25) is 0 Å². The van der Waals surface area contributed by atoms with Crippen molar-refractivity contribution in [3.63, 3.8) is 0 Å². The van der Waals surface area contributed by atoms with Gasteiger partial charge in [-0.1, -0.05) is 42.5 Å². The van der Waals surface area contributed by atoms with E-state index in [2.05, 4.69) is 0 Å². The number of carbonyl (C=O) groups is 2. The predicted molar refractivity (Wildman–Crippen MR) is 91.4 cm³/mol. The number of fused-ring (bicyclic) bond motifs is 1. The Morgan fingerprint density at radius 3 is 2.67 bits per heavy atom. The van der Waals surface area contributed by atoms with E-state index < -0.39 is 0 Å². The first-order valence-electron chi connectivity index (χ1n) is 7.95. The second-order valence-electron chi connectivity index (χ2n) is 5.79. The Balaban J connectivity index is 2.03. The minimum absolute atomic E-state index is 0.0273. The van der Waals surface area contributed by atoms with Crippen LogP contribution in [0.5, 0.6) is 0 Å². The highest BCUT2D eigenvalue weighted by Gasteiger charge is 2.34. The van der Waals surface area contributed by atoms with E-state index in [0.29, 0.717) is 19.6 Å². The van der Waals surface area contributed by atoms with Crippen LogP contribution in [0.3, 0.4) is 0 Å². The van der Waals surface area contributed by atoms with Crippen LogP contribution >= 0.6 is 0 Å². The summed E-state index contributed by atoms with van der Waals surface area (Å²) in [5.74, 6) is -0.107. The SMILES string of the molecule is COC(=O)N1CCN(C(=O)CN)CC1c1cccc2ccccc12. The fourth-order valence-corrected chi connectivity index (χ4v) is 3.28. The van der Waals surface area contributed by atoms with E-state index in [9.17, 15) is 9.59 Å². The molecule has 0 aliphatic carbocycles. The van der Waals surface area contributed by atoms with E-state index in [4.69, 9.17) is 10.5 Å². The van der Waals surface area contributed by atoms with Crippen molar-refractivity contribution in [2.75, 3.05) is 33.3 Å². The molecule has 0 bridgehead atoms. The summed E-state index contributed by atoms with van der Waals surface area (Å²) in [7, 11) is 1.37. The Morgan fingerprint density at radius 2 is 1.92 bits per heavy atom. The van der Waals surface area contributed by atoms with Crippen molar-refractivity contribution in [2.45, 2.75) is 6.04 Å². The van der Waals surface area contributed by atoms with Gasteiger partial charge in [-0.05, 0) is 16.3 Å². The number of rotatable bonds is 2. The quantitative estimate of drug-likeness (QED) is 0.912. The molecule has 1 aliphatic rings. The van der Waals surface area contributed by atoms with Crippen LogP contribution in [0.4, 0.5) is 4.79 Å². The molecule has 0 aromatic heterocycles. The summed E-state index contributed by atoms with van der Waals surface area (Å²) < 4.78 is 4.93. The second-order valence-corrected chi connectivity index (χ2v) is 5.79. The highest BCUT2D eigenvalue weighted by atomic mass is 16.5. The number of piperazine rings is 1. The van der Waals surface area contributed by atoms with Gasteiger partial charge in [-0.25, -0.2) is 4.79 Å². The molecule has 1 fully saturated rings. The summed E-state index contributed by atoms with van der Waals surface area (Å²) in [5.41, 5.74) is 6.51. The summed E-state index contributed by atoms with van der Waals surface area (Å²) in [6.45, 7) is 1.28. The van der Waals surface area contributed by atoms with Crippen molar-refractivity contribution >= 4 is 22.8 Å². The maximum Gasteiger partial charge on any atom is 0.410 e. The molecule has 1 heterocycles. The molecule has 3 rings (SSSR count). The van der Waals surface area contributed by atoms with Gasteiger partial charge in [-0.2, -0.15) is 0 Å². The van der Waals surface area contributed by atoms with E-state index >= 15 is 0 Å². The minimum Gasteiger partial charge on any atom is -0.453 e. The van der Waals surface area contributed by atoms with E-state index in [-0.39, 0.29) is 24.6 Å². The Hall–Kier alpha value is -2.60. The first kappa shape index (κ1) is 16.3. The van der Waals surface area contributed by atoms with Crippen LogP contribution in [0.25, 0.3) is 10.8 Å². The Morgan fingerprint density at radius 1 is 1.17 bits per heavy atom. The molecule has 1 saturated heterocycles. The van der Waals surface area contributed by atoms with Gasteiger partial charge >= 0.3 is 6.09 Å². The normalized spacial score (nSPS) is 17.8. The highest BCUT2D eigenvalue weighted by Crippen LogP contribution is 2.31. The number of methoxy groups -OCH3 is 1. The maximum atomic E-state index is 12.2. The van der Waals surface area contributed by atoms with Crippen molar-refractivity contribution in [1.29, 1.82) is 0 Å². The number of carbonyl (C=O) groups excluding carboxylic acids is 2. The van der Waals surface area contributed by atoms with Crippen molar-refractivity contribution in [3.05, 3.63) is 48.0 Å². The van der Waals surface area contributed by atoms with E-state index in [1.54, 1.807) is 9.80 Å². The van der Waals surface area contributed by atoms with Gasteiger partial charge in [0.05, 0.1) is 19.7 Å². The van der Waals surface area contributed by atoms with Crippen LogP contribution in [-0.4, -0.2) is 55.1 Å². The van der Waals surface area contributed by atoms with Gasteiger partial charge in [0.2, 0.25) is 5.91 Å². The van der Waals surface area contributed by atoms with Crippen LogP contribution in [0.15, 0.2) is 42.5 Å². The number of benzene rings is 2. The Kier molecular flexibility index (Phi) is 4.66. The summed E-state index contributed by atoms with van der Waals surface area (Å²) in [6.07, 6.45) is -0.382. The molecule has 1 atom stereocenters. The highest BCUT2D eigenvalue weighted by molar-refractivity contribution is 5.87. The maximum absolute atomic E-state index is 12.2. The lowest BCUT2D eigenvalue weighted by Gasteiger charge is -2.41. The lowest BCUT2D eigenvalue weighted by Crippen LogP contribution is -2.53.